The van der Waals surface area contributed by atoms with Gasteiger partial charge in [0.1, 0.15) is 11.5 Å². The second-order valence-corrected chi connectivity index (χ2v) is 6.73. The lowest BCUT2D eigenvalue weighted by atomic mass is 9.77. The topological polar surface area (TPSA) is 66.8 Å². The average Bonchev–Trinajstić information content (AvgIpc) is 3.14. The summed E-state index contributed by atoms with van der Waals surface area (Å²) >= 11 is 5.97. The Bertz CT molecular complexity index is 824. The van der Waals surface area contributed by atoms with E-state index >= 15 is 0 Å². The zero-order valence-corrected chi connectivity index (χ0v) is 13.2. The molecule has 1 aromatic rings. The van der Waals surface area contributed by atoms with Crippen molar-refractivity contribution in [1.29, 1.82) is 0 Å². The summed E-state index contributed by atoms with van der Waals surface area (Å²) in [6.45, 7) is 0.0123. The molecule has 0 aromatic heterocycles. The van der Waals surface area contributed by atoms with Crippen molar-refractivity contribution in [3.8, 4) is 0 Å². The number of rotatable bonds is 2. The number of nitrogens with zero attached hydrogens (tertiary/aromatic N) is 1. The van der Waals surface area contributed by atoms with Crippen molar-refractivity contribution in [2.24, 2.45) is 11.8 Å². The lowest BCUT2D eigenvalue weighted by Crippen LogP contribution is -2.39. The fourth-order valence-electron chi connectivity index (χ4n) is 3.89. The summed E-state index contributed by atoms with van der Waals surface area (Å²) in [5.41, 5.74) is -1.89. The van der Waals surface area contributed by atoms with Gasteiger partial charge in [-0.15, -0.1) is 0 Å². The molecule has 4 rings (SSSR count). The van der Waals surface area contributed by atoms with Crippen LogP contribution in [-0.2, 0) is 20.5 Å². The van der Waals surface area contributed by atoms with Crippen molar-refractivity contribution in [1.82, 2.24) is 0 Å². The van der Waals surface area contributed by atoms with Crippen LogP contribution in [0.5, 0.6) is 0 Å². The number of fused-ring (bicyclic) bond motifs is 1. The molecule has 0 unspecified atom stereocenters. The first-order valence-corrected chi connectivity index (χ1v) is 7.80. The van der Waals surface area contributed by atoms with Gasteiger partial charge in [0, 0.05) is 0 Å². The molecular weight excluding hydrogens is 363 g/mol. The SMILES string of the molecule is O=C(O)[C@H]1[C@H]2C=C[C@@]3(CN(c4ccc(C(F)(F)F)cc4Cl)C(=O)[C@@H]13)O2. The zero-order valence-electron chi connectivity index (χ0n) is 12.5. The van der Waals surface area contributed by atoms with Crippen LogP contribution in [0.25, 0.3) is 0 Å². The first-order valence-electron chi connectivity index (χ1n) is 7.42. The van der Waals surface area contributed by atoms with Gasteiger partial charge in [0.15, 0.2) is 0 Å². The Morgan fingerprint density at radius 1 is 1.40 bits per heavy atom. The summed E-state index contributed by atoms with van der Waals surface area (Å²) < 4.78 is 44.0. The number of anilines is 1. The molecule has 1 aromatic carbocycles. The molecule has 2 bridgehead atoms. The maximum absolute atomic E-state index is 12.8. The third kappa shape index (κ3) is 2.20. The highest BCUT2D eigenvalue weighted by Gasteiger charge is 2.67. The Kier molecular flexibility index (Phi) is 3.27. The van der Waals surface area contributed by atoms with E-state index in [-0.39, 0.29) is 17.3 Å². The number of aliphatic carboxylic acids is 1. The first-order chi connectivity index (χ1) is 11.6. The molecule has 132 valence electrons. The molecule has 4 atom stereocenters. The van der Waals surface area contributed by atoms with E-state index in [1.807, 2.05) is 0 Å². The number of carboxylic acids is 1. The van der Waals surface area contributed by atoms with Crippen molar-refractivity contribution in [2.45, 2.75) is 17.9 Å². The summed E-state index contributed by atoms with van der Waals surface area (Å²) in [4.78, 5) is 25.5. The van der Waals surface area contributed by atoms with Gasteiger partial charge in [-0.3, -0.25) is 9.59 Å². The van der Waals surface area contributed by atoms with Crippen LogP contribution in [-0.4, -0.2) is 35.2 Å². The lowest BCUT2D eigenvalue weighted by molar-refractivity contribution is -0.146. The van der Waals surface area contributed by atoms with Gasteiger partial charge in [-0.1, -0.05) is 23.8 Å². The van der Waals surface area contributed by atoms with Gasteiger partial charge >= 0.3 is 12.1 Å². The van der Waals surface area contributed by atoms with Crippen LogP contribution in [0.3, 0.4) is 0 Å². The third-order valence-electron chi connectivity index (χ3n) is 4.95. The van der Waals surface area contributed by atoms with Crippen LogP contribution < -0.4 is 4.90 Å². The molecule has 2 saturated heterocycles. The molecule has 3 heterocycles. The summed E-state index contributed by atoms with van der Waals surface area (Å²) in [6.07, 6.45) is -1.94. The van der Waals surface area contributed by atoms with Crippen molar-refractivity contribution >= 4 is 29.2 Å². The summed E-state index contributed by atoms with van der Waals surface area (Å²) in [7, 11) is 0. The molecule has 0 saturated carbocycles. The quantitative estimate of drug-likeness (QED) is 0.809. The monoisotopic (exact) mass is 373 g/mol. The smallest absolute Gasteiger partial charge is 0.416 e. The van der Waals surface area contributed by atoms with Gasteiger partial charge < -0.3 is 14.7 Å². The molecule has 2 fully saturated rings. The number of hydrogen-bond acceptors (Lipinski definition) is 3. The van der Waals surface area contributed by atoms with Crippen LogP contribution in [0.15, 0.2) is 30.4 Å². The van der Waals surface area contributed by atoms with Gasteiger partial charge in [-0.25, -0.2) is 0 Å². The Morgan fingerprint density at radius 2 is 2.12 bits per heavy atom. The van der Waals surface area contributed by atoms with E-state index in [0.717, 1.165) is 18.2 Å². The molecule has 9 heteroatoms. The number of halogens is 4. The van der Waals surface area contributed by atoms with E-state index in [0.29, 0.717) is 0 Å². The third-order valence-corrected chi connectivity index (χ3v) is 5.25. The normalized spacial score (nSPS) is 33.2. The molecular formula is C16H11ClF3NO4. The minimum absolute atomic E-state index is 0.0123. The van der Waals surface area contributed by atoms with E-state index < -0.39 is 47.2 Å². The fourth-order valence-corrected chi connectivity index (χ4v) is 4.17. The van der Waals surface area contributed by atoms with E-state index in [2.05, 4.69) is 0 Å². The van der Waals surface area contributed by atoms with E-state index in [9.17, 15) is 27.9 Å². The van der Waals surface area contributed by atoms with Gasteiger partial charge in [0.2, 0.25) is 5.91 Å². The Balaban J connectivity index is 1.72. The Labute approximate surface area is 144 Å². The molecule has 0 aliphatic carbocycles. The van der Waals surface area contributed by atoms with Crippen LogP contribution in [0.4, 0.5) is 18.9 Å². The van der Waals surface area contributed by atoms with Crippen molar-refractivity contribution < 1.29 is 32.6 Å². The molecule has 25 heavy (non-hydrogen) atoms. The number of benzene rings is 1. The minimum Gasteiger partial charge on any atom is -0.481 e. The lowest BCUT2D eigenvalue weighted by Gasteiger charge is -2.22. The number of carbonyl (C=O) groups is 2. The largest absolute Gasteiger partial charge is 0.481 e. The Hall–Kier alpha value is -2.06. The van der Waals surface area contributed by atoms with Crippen LogP contribution >= 0.6 is 11.6 Å². The predicted octanol–water partition coefficient (Wildman–Crippen LogP) is 2.73. The number of ether oxygens (including phenoxy) is 1. The highest BCUT2D eigenvalue weighted by atomic mass is 35.5. The molecule has 3 aliphatic rings. The van der Waals surface area contributed by atoms with E-state index in [1.165, 1.54) is 4.90 Å². The number of hydrogen-bond donors (Lipinski definition) is 1. The van der Waals surface area contributed by atoms with Gasteiger partial charge in [-0.05, 0) is 18.2 Å². The second kappa shape index (κ2) is 4.98. The van der Waals surface area contributed by atoms with Crippen LogP contribution in [0.1, 0.15) is 5.56 Å². The maximum atomic E-state index is 12.8. The van der Waals surface area contributed by atoms with Crippen molar-refractivity contribution in [3.05, 3.63) is 40.9 Å². The van der Waals surface area contributed by atoms with Crippen molar-refractivity contribution in [2.75, 3.05) is 11.4 Å². The average molecular weight is 374 g/mol. The molecule has 0 radical (unpaired) electrons. The number of amides is 1. The summed E-state index contributed by atoms with van der Waals surface area (Å²) in [5, 5.41) is 9.17. The zero-order chi connectivity index (χ0) is 18.1. The maximum Gasteiger partial charge on any atom is 0.416 e. The molecule has 5 nitrogen and oxygen atoms in total. The van der Waals surface area contributed by atoms with Gasteiger partial charge in [-0.2, -0.15) is 13.2 Å². The van der Waals surface area contributed by atoms with E-state index in [1.54, 1.807) is 12.2 Å². The number of carboxylic acid groups (broad SMARTS) is 1. The minimum atomic E-state index is -4.55. The Morgan fingerprint density at radius 3 is 2.72 bits per heavy atom. The highest BCUT2D eigenvalue weighted by Crippen LogP contribution is 2.53. The van der Waals surface area contributed by atoms with Crippen molar-refractivity contribution in [3.63, 3.8) is 0 Å². The predicted molar refractivity (Wildman–Crippen MR) is 80.2 cm³/mol. The molecule has 1 spiro atoms. The van der Waals surface area contributed by atoms with Gasteiger partial charge in [0.25, 0.3) is 0 Å². The first kappa shape index (κ1) is 16.4. The standard InChI is InChI=1S/C16H11ClF3NO4/c17-8-5-7(16(18,19)20)1-2-9(8)21-6-15-4-3-10(25-15)11(14(23)24)12(15)13(21)22/h1-5,10-12H,6H2,(H,23,24)/t10-,11+,12-,15+/m1/s1. The summed E-state index contributed by atoms with van der Waals surface area (Å²) in [6, 6.07) is 2.70. The molecule has 1 N–H and O–H groups in total. The van der Waals surface area contributed by atoms with Crippen LogP contribution in [0.2, 0.25) is 5.02 Å². The number of alkyl halides is 3. The number of carbonyl (C=O) groups excluding carboxylic acids is 1. The summed E-state index contributed by atoms with van der Waals surface area (Å²) in [5.74, 6) is -3.59. The van der Waals surface area contributed by atoms with E-state index in [4.69, 9.17) is 16.3 Å². The van der Waals surface area contributed by atoms with Gasteiger partial charge in [0.05, 0.1) is 34.8 Å². The van der Waals surface area contributed by atoms with Crippen LogP contribution in [0, 0.1) is 11.8 Å². The molecule has 3 aliphatic heterocycles. The fraction of sp³-hybridized carbons (Fsp3) is 0.375. The highest BCUT2D eigenvalue weighted by molar-refractivity contribution is 6.34. The second-order valence-electron chi connectivity index (χ2n) is 6.33. The molecule has 1 amide bonds.